The number of hydrogen-bond donors (Lipinski definition) is 2. The van der Waals surface area contributed by atoms with Gasteiger partial charge in [0.25, 0.3) is 0 Å². The molecule has 1 aromatic rings. The summed E-state index contributed by atoms with van der Waals surface area (Å²) < 4.78 is 0. The number of phenolic OH excluding ortho intramolecular Hbond substituents is 1. The Morgan fingerprint density at radius 3 is 2.33 bits per heavy atom. The van der Waals surface area contributed by atoms with E-state index in [9.17, 15) is 5.11 Å². The van der Waals surface area contributed by atoms with Gasteiger partial charge in [0.2, 0.25) is 0 Å². The molecule has 1 rings (SSSR count). The van der Waals surface area contributed by atoms with Crippen molar-refractivity contribution in [2.24, 2.45) is 5.73 Å². The topological polar surface area (TPSA) is 46.2 Å². The number of rotatable bonds is 1. The molecule has 2 nitrogen and oxygen atoms in total. The molecule has 0 bridgehead atoms. The smallest absolute Gasteiger partial charge is 0.119 e. The highest BCUT2D eigenvalue weighted by atomic mass is 16.3. The molecule has 0 aliphatic carbocycles. The first-order valence-corrected chi connectivity index (χ1v) is 4.06. The Hall–Kier alpha value is -1.02. The molecule has 0 heterocycles. The van der Waals surface area contributed by atoms with Gasteiger partial charge >= 0.3 is 0 Å². The zero-order valence-corrected chi connectivity index (χ0v) is 7.81. The molecular formula is C10H15NO. The average molecular weight is 165 g/mol. The predicted octanol–water partition coefficient (Wildman–Crippen LogP) is 1.78. The monoisotopic (exact) mass is 165 g/mol. The summed E-state index contributed by atoms with van der Waals surface area (Å²) in [5.74, 6) is 0.363. The van der Waals surface area contributed by atoms with Crippen LogP contribution in [0.5, 0.6) is 5.75 Å². The number of benzene rings is 1. The first kappa shape index (κ1) is 9.07. The molecule has 0 radical (unpaired) electrons. The van der Waals surface area contributed by atoms with E-state index in [1.165, 1.54) is 0 Å². The summed E-state index contributed by atoms with van der Waals surface area (Å²) in [6.07, 6.45) is 0. The zero-order valence-electron chi connectivity index (χ0n) is 7.81. The van der Waals surface area contributed by atoms with Crippen LogP contribution in [-0.2, 0) is 6.54 Å². The van der Waals surface area contributed by atoms with E-state index in [1.54, 1.807) is 6.07 Å². The lowest BCUT2D eigenvalue weighted by molar-refractivity contribution is 0.469. The Labute approximate surface area is 73.0 Å². The summed E-state index contributed by atoms with van der Waals surface area (Å²) >= 11 is 0. The summed E-state index contributed by atoms with van der Waals surface area (Å²) in [6, 6.07) is 1.77. The van der Waals surface area contributed by atoms with Crippen LogP contribution < -0.4 is 5.73 Å². The second-order valence-electron chi connectivity index (χ2n) is 3.15. The van der Waals surface area contributed by atoms with Gasteiger partial charge in [-0.05, 0) is 49.1 Å². The Bertz CT molecular complexity index is 305. The van der Waals surface area contributed by atoms with Gasteiger partial charge in [-0.3, -0.25) is 0 Å². The highest BCUT2D eigenvalue weighted by molar-refractivity contribution is 5.47. The second-order valence-corrected chi connectivity index (χ2v) is 3.15. The first-order valence-electron chi connectivity index (χ1n) is 4.06. The minimum absolute atomic E-state index is 0.363. The van der Waals surface area contributed by atoms with Crippen LogP contribution in [0, 0.1) is 20.8 Å². The molecule has 2 heteroatoms. The Morgan fingerprint density at radius 1 is 1.25 bits per heavy atom. The molecule has 0 fully saturated rings. The third-order valence-electron chi connectivity index (χ3n) is 2.43. The average Bonchev–Trinajstić information content (AvgIpc) is 2.01. The van der Waals surface area contributed by atoms with Crippen LogP contribution in [0.4, 0.5) is 0 Å². The highest BCUT2D eigenvalue weighted by Gasteiger charge is 2.07. The van der Waals surface area contributed by atoms with Crippen molar-refractivity contribution in [1.29, 1.82) is 0 Å². The fourth-order valence-corrected chi connectivity index (χ4v) is 1.43. The van der Waals surface area contributed by atoms with Gasteiger partial charge in [0.1, 0.15) is 5.75 Å². The maximum atomic E-state index is 9.46. The molecule has 12 heavy (non-hydrogen) atoms. The maximum absolute atomic E-state index is 9.46. The first-order chi connectivity index (χ1) is 5.57. The van der Waals surface area contributed by atoms with Crippen molar-refractivity contribution in [3.63, 3.8) is 0 Å². The van der Waals surface area contributed by atoms with Gasteiger partial charge < -0.3 is 10.8 Å². The van der Waals surface area contributed by atoms with E-state index >= 15 is 0 Å². The van der Waals surface area contributed by atoms with Gasteiger partial charge in [-0.25, -0.2) is 0 Å². The summed E-state index contributed by atoms with van der Waals surface area (Å²) in [5, 5.41) is 9.46. The summed E-state index contributed by atoms with van der Waals surface area (Å²) in [6.45, 7) is 6.40. The van der Waals surface area contributed by atoms with E-state index < -0.39 is 0 Å². The molecule has 1 aromatic carbocycles. The van der Waals surface area contributed by atoms with Gasteiger partial charge in [-0.2, -0.15) is 0 Å². The molecule has 0 atom stereocenters. The Balaban J connectivity index is 3.40. The molecular weight excluding hydrogens is 150 g/mol. The van der Waals surface area contributed by atoms with Crippen LogP contribution in [0.25, 0.3) is 0 Å². The number of hydrogen-bond acceptors (Lipinski definition) is 2. The minimum Gasteiger partial charge on any atom is -0.508 e. The summed E-state index contributed by atoms with van der Waals surface area (Å²) in [5.41, 5.74) is 9.84. The second kappa shape index (κ2) is 3.15. The fraction of sp³-hybridized carbons (Fsp3) is 0.400. The highest BCUT2D eigenvalue weighted by Crippen LogP contribution is 2.25. The molecule has 0 aliphatic heterocycles. The molecule has 0 amide bonds. The zero-order chi connectivity index (χ0) is 9.30. The van der Waals surface area contributed by atoms with Crippen molar-refractivity contribution in [2.45, 2.75) is 27.3 Å². The third-order valence-corrected chi connectivity index (χ3v) is 2.43. The van der Waals surface area contributed by atoms with E-state index in [2.05, 4.69) is 0 Å². The lowest BCUT2D eigenvalue weighted by atomic mass is 9.98. The van der Waals surface area contributed by atoms with Gasteiger partial charge in [0, 0.05) is 6.54 Å². The molecule has 0 aromatic heterocycles. The van der Waals surface area contributed by atoms with E-state index in [1.807, 2.05) is 20.8 Å². The third kappa shape index (κ3) is 1.30. The number of phenols is 1. The minimum atomic E-state index is 0.363. The van der Waals surface area contributed by atoms with Crippen LogP contribution in [0.1, 0.15) is 22.3 Å². The SMILES string of the molecule is Cc1cc(O)c(C)c(C)c1CN. The van der Waals surface area contributed by atoms with Gasteiger partial charge in [-0.15, -0.1) is 0 Å². The van der Waals surface area contributed by atoms with Crippen LogP contribution in [0.15, 0.2) is 6.07 Å². The molecule has 0 unspecified atom stereocenters. The predicted molar refractivity (Wildman–Crippen MR) is 50.2 cm³/mol. The van der Waals surface area contributed by atoms with Gasteiger partial charge in [-0.1, -0.05) is 0 Å². The molecule has 66 valence electrons. The van der Waals surface area contributed by atoms with Gasteiger partial charge in [0.05, 0.1) is 0 Å². The number of aryl methyl sites for hydroxylation is 1. The summed E-state index contributed by atoms with van der Waals surface area (Å²) in [4.78, 5) is 0. The molecule has 0 aliphatic rings. The lowest BCUT2D eigenvalue weighted by Gasteiger charge is -2.11. The van der Waals surface area contributed by atoms with E-state index in [0.29, 0.717) is 12.3 Å². The normalized spacial score (nSPS) is 10.3. The van der Waals surface area contributed by atoms with Crippen LogP contribution in [0.3, 0.4) is 0 Å². The van der Waals surface area contributed by atoms with Crippen molar-refractivity contribution in [1.82, 2.24) is 0 Å². The fourth-order valence-electron chi connectivity index (χ4n) is 1.43. The molecule has 3 N–H and O–H groups in total. The maximum Gasteiger partial charge on any atom is 0.119 e. The van der Waals surface area contributed by atoms with Crippen molar-refractivity contribution in [3.8, 4) is 5.75 Å². The van der Waals surface area contributed by atoms with Crippen LogP contribution in [0.2, 0.25) is 0 Å². The standard InChI is InChI=1S/C10H15NO/c1-6-4-10(12)8(3)7(2)9(6)5-11/h4,12H,5,11H2,1-3H3. The molecule has 0 spiro atoms. The van der Waals surface area contributed by atoms with Gasteiger partial charge in [0.15, 0.2) is 0 Å². The molecule has 0 saturated heterocycles. The number of nitrogens with two attached hydrogens (primary N) is 1. The van der Waals surface area contributed by atoms with Crippen molar-refractivity contribution in [2.75, 3.05) is 0 Å². The lowest BCUT2D eigenvalue weighted by Crippen LogP contribution is -2.03. The van der Waals surface area contributed by atoms with E-state index in [4.69, 9.17) is 5.73 Å². The largest absolute Gasteiger partial charge is 0.508 e. The van der Waals surface area contributed by atoms with Crippen molar-refractivity contribution >= 4 is 0 Å². The van der Waals surface area contributed by atoms with Crippen molar-refractivity contribution < 1.29 is 5.11 Å². The van der Waals surface area contributed by atoms with Crippen LogP contribution >= 0.6 is 0 Å². The number of aromatic hydroxyl groups is 1. The molecule has 0 saturated carbocycles. The quantitative estimate of drug-likeness (QED) is 0.666. The van der Waals surface area contributed by atoms with E-state index in [-0.39, 0.29) is 0 Å². The van der Waals surface area contributed by atoms with Crippen LogP contribution in [-0.4, -0.2) is 5.11 Å². The Kier molecular flexibility index (Phi) is 2.38. The Morgan fingerprint density at radius 2 is 1.83 bits per heavy atom. The van der Waals surface area contributed by atoms with Crippen molar-refractivity contribution in [3.05, 3.63) is 28.3 Å². The summed E-state index contributed by atoms with van der Waals surface area (Å²) in [7, 11) is 0. The van der Waals surface area contributed by atoms with E-state index in [0.717, 1.165) is 22.3 Å².